The van der Waals surface area contributed by atoms with Gasteiger partial charge in [0.25, 0.3) is 5.91 Å². The predicted molar refractivity (Wildman–Crippen MR) is 116 cm³/mol. The van der Waals surface area contributed by atoms with E-state index in [1.807, 2.05) is 0 Å². The van der Waals surface area contributed by atoms with Crippen LogP contribution in [0.15, 0.2) is 42.5 Å². The molecule has 0 bridgehead atoms. The van der Waals surface area contributed by atoms with Gasteiger partial charge in [0, 0.05) is 17.2 Å². The zero-order chi connectivity index (χ0) is 21.1. The summed E-state index contributed by atoms with van der Waals surface area (Å²) in [7, 11) is 0. The van der Waals surface area contributed by atoms with Crippen molar-refractivity contribution in [1.29, 1.82) is 0 Å². The molecule has 2 amide bonds. The number of nitrogens with one attached hydrogen (secondary N) is 2. The maximum Gasteiger partial charge on any atom is 0.335 e. The number of carbonyl (C=O) groups excluding carboxylic acids is 2. The number of amides is 2. The standard InChI is InChI=1S/C22H21N3O4S/c26-19(13-4-2-1-3-5-13)25-22-24-17-11-8-15(12-18(17)30-22)20(27)23-16-9-6-14(7-10-16)21(28)29/h6-13H,1-5H2,(H,23,27)(H,28,29)(H,24,25,26). The van der Waals surface area contributed by atoms with Crippen LogP contribution in [0, 0.1) is 5.92 Å². The Morgan fingerprint density at radius 1 is 0.933 bits per heavy atom. The van der Waals surface area contributed by atoms with E-state index in [1.165, 1.54) is 29.9 Å². The Labute approximate surface area is 177 Å². The van der Waals surface area contributed by atoms with Crippen LogP contribution in [0.3, 0.4) is 0 Å². The van der Waals surface area contributed by atoms with Crippen LogP contribution in [0.1, 0.15) is 52.8 Å². The number of benzene rings is 2. The second kappa shape index (κ2) is 8.62. The average molecular weight is 423 g/mol. The summed E-state index contributed by atoms with van der Waals surface area (Å²) in [5, 5.41) is 15.2. The Hall–Kier alpha value is -3.26. The first-order valence-electron chi connectivity index (χ1n) is 9.86. The zero-order valence-electron chi connectivity index (χ0n) is 16.2. The van der Waals surface area contributed by atoms with Gasteiger partial charge in [-0.2, -0.15) is 0 Å². The molecule has 3 N–H and O–H groups in total. The zero-order valence-corrected chi connectivity index (χ0v) is 17.0. The van der Waals surface area contributed by atoms with Crippen molar-refractivity contribution in [3.8, 4) is 0 Å². The minimum Gasteiger partial charge on any atom is -0.478 e. The summed E-state index contributed by atoms with van der Waals surface area (Å²) in [4.78, 5) is 40.4. The molecular formula is C22H21N3O4S. The Morgan fingerprint density at radius 3 is 2.33 bits per heavy atom. The number of anilines is 2. The van der Waals surface area contributed by atoms with E-state index in [9.17, 15) is 14.4 Å². The second-order valence-electron chi connectivity index (χ2n) is 7.36. The van der Waals surface area contributed by atoms with Crippen LogP contribution in [-0.4, -0.2) is 27.9 Å². The number of thiazole rings is 1. The van der Waals surface area contributed by atoms with Crippen molar-refractivity contribution in [2.75, 3.05) is 10.6 Å². The van der Waals surface area contributed by atoms with Crippen LogP contribution in [0.5, 0.6) is 0 Å². The van der Waals surface area contributed by atoms with Crippen molar-refractivity contribution < 1.29 is 19.5 Å². The molecule has 0 atom stereocenters. The highest BCUT2D eigenvalue weighted by Gasteiger charge is 2.22. The molecule has 1 aliphatic rings. The van der Waals surface area contributed by atoms with Crippen molar-refractivity contribution in [2.24, 2.45) is 5.92 Å². The molecule has 1 aliphatic carbocycles. The van der Waals surface area contributed by atoms with Crippen molar-refractivity contribution in [2.45, 2.75) is 32.1 Å². The third-order valence-electron chi connectivity index (χ3n) is 5.25. The van der Waals surface area contributed by atoms with E-state index in [0.717, 1.165) is 35.9 Å². The van der Waals surface area contributed by atoms with Crippen LogP contribution < -0.4 is 10.6 Å². The van der Waals surface area contributed by atoms with Gasteiger partial charge in [0.05, 0.1) is 15.8 Å². The Kier molecular flexibility index (Phi) is 5.76. The van der Waals surface area contributed by atoms with E-state index in [-0.39, 0.29) is 23.3 Å². The molecule has 30 heavy (non-hydrogen) atoms. The molecule has 1 aromatic heterocycles. The first-order valence-corrected chi connectivity index (χ1v) is 10.7. The monoisotopic (exact) mass is 423 g/mol. The molecule has 3 aromatic rings. The molecule has 4 rings (SSSR count). The summed E-state index contributed by atoms with van der Waals surface area (Å²) in [6, 6.07) is 11.1. The van der Waals surface area contributed by atoms with E-state index < -0.39 is 5.97 Å². The van der Waals surface area contributed by atoms with Gasteiger partial charge >= 0.3 is 5.97 Å². The van der Waals surface area contributed by atoms with E-state index in [2.05, 4.69) is 15.6 Å². The number of aromatic nitrogens is 1. The third-order valence-corrected chi connectivity index (χ3v) is 6.18. The predicted octanol–water partition coefficient (Wildman–Crippen LogP) is 4.77. The van der Waals surface area contributed by atoms with Crippen molar-refractivity contribution >= 4 is 50.2 Å². The van der Waals surface area contributed by atoms with Crippen molar-refractivity contribution in [3.05, 3.63) is 53.6 Å². The molecule has 8 heteroatoms. The van der Waals surface area contributed by atoms with Crippen LogP contribution in [0.4, 0.5) is 10.8 Å². The lowest BCUT2D eigenvalue weighted by Gasteiger charge is -2.19. The fraction of sp³-hybridized carbons (Fsp3) is 0.273. The molecule has 0 radical (unpaired) electrons. The lowest BCUT2D eigenvalue weighted by atomic mass is 9.89. The maximum atomic E-state index is 12.6. The molecule has 1 saturated carbocycles. The second-order valence-corrected chi connectivity index (χ2v) is 8.39. The lowest BCUT2D eigenvalue weighted by molar-refractivity contribution is -0.120. The van der Waals surface area contributed by atoms with Gasteiger partial charge in [-0.3, -0.25) is 9.59 Å². The van der Waals surface area contributed by atoms with Crippen molar-refractivity contribution in [3.63, 3.8) is 0 Å². The normalized spacial score (nSPS) is 14.4. The summed E-state index contributed by atoms with van der Waals surface area (Å²) >= 11 is 1.34. The Balaban J connectivity index is 1.45. The van der Waals surface area contributed by atoms with Crippen LogP contribution in [0.25, 0.3) is 10.2 Å². The van der Waals surface area contributed by atoms with Crippen LogP contribution in [-0.2, 0) is 4.79 Å². The Morgan fingerprint density at radius 2 is 1.63 bits per heavy atom. The number of hydrogen-bond donors (Lipinski definition) is 3. The first kappa shape index (κ1) is 20.0. The van der Waals surface area contributed by atoms with E-state index >= 15 is 0 Å². The number of carboxylic acid groups (broad SMARTS) is 1. The number of hydrogen-bond acceptors (Lipinski definition) is 5. The highest BCUT2D eigenvalue weighted by atomic mass is 32.1. The van der Waals surface area contributed by atoms with Gasteiger partial charge in [-0.15, -0.1) is 0 Å². The van der Waals surface area contributed by atoms with Gasteiger partial charge in [-0.05, 0) is 55.3 Å². The summed E-state index contributed by atoms with van der Waals surface area (Å²) in [5.41, 5.74) is 1.84. The third kappa shape index (κ3) is 4.49. The van der Waals surface area contributed by atoms with Gasteiger partial charge in [0.15, 0.2) is 5.13 Å². The molecular weight excluding hydrogens is 402 g/mol. The SMILES string of the molecule is O=C(O)c1ccc(NC(=O)c2ccc3nc(NC(=O)C4CCCCC4)sc3c2)cc1. The van der Waals surface area contributed by atoms with E-state index in [4.69, 9.17) is 5.11 Å². The average Bonchev–Trinajstić information content (AvgIpc) is 3.16. The summed E-state index contributed by atoms with van der Waals surface area (Å²) in [5.74, 6) is -1.24. The first-order chi connectivity index (χ1) is 14.5. The largest absolute Gasteiger partial charge is 0.478 e. The number of nitrogens with zero attached hydrogens (tertiary/aromatic N) is 1. The topological polar surface area (TPSA) is 108 Å². The fourth-order valence-corrected chi connectivity index (χ4v) is 4.50. The molecule has 1 fully saturated rings. The highest BCUT2D eigenvalue weighted by molar-refractivity contribution is 7.22. The van der Waals surface area contributed by atoms with Gasteiger partial charge < -0.3 is 15.7 Å². The van der Waals surface area contributed by atoms with Crippen molar-refractivity contribution in [1.82, 2.24) is 4.98 Å². The van der Waals surface area contributed by atoms with Gasteiger partial charge in [0.2, 0.25) is 5.91 Å². The number of aromatic carboxylic acids is 1. The van der Waals surface area contributed by atoms with Crippen LogP contribution >= 0.6 is 11.3 Å². The van der Waals surface area contributed by atoms with E-state index in [1.54, 1.807) is 30.3 Å². The van der Waals surface area contributed by atoms with E-state index in [0.29, 0.717) is 16.4 Å². The van der Waals surface area contributed by atoms with Gasteiger partial charge in [0.1, 0.15) is 0 Å². The molecule has 0 spiro atoms. The Bertz CT molecular complexity index is 1100. The summed E-state index contributed by atoms with van der Waals surface area (Å²) in [6.45, 7) is 0. The number of rotatable bonds is 5. The smallest absolute Gasteiger partial charge is 0.335 e. The number of carboxylic acids is 1. The molecule has 1 heterocycles. The fourth-order valence-electron chi connectivity index (χ4n) is 3.59. The molecule has 0 saturated heterocycles. The quantitative estimate of drug-likeness (QED) is 0.548. The molecule has 154 valence electrons. The van der Waals surface area contributed by atoms with Gasteiger partial charge in [-0.25, -0.2) is 9.78 Å². The highest BCUT2D eigenvalue weighted by Crippen LogP contribution is 2.29. The summed E-state index contributed by atoms with van der Waals surface area (Å²) < 4.78 is 0.808. The van der Waals surface area contributed by atoms with Crippen LogP contribution in [0.2, 0.25) is 0 Å². The minimum absolute atomic E-state index is 0.0246. The summed E-state index contributed by atoms with van der Waals surface area (Å²) in [6.07, 6.45) is 5.23. The molecule has 0 unspecified atom stereocenters. The number of fused-ring (bicyclic) bond motifs is 1. The minimum atomic E-state index is -1.02. The number of carbonyl (C=O) groups is 3. The molecule has 0 aliphatic heterocycles. The molecule has 7 nitrogen and oxygen atoms in total. The van der Waals surface area contributed by atoms with Gasteiger partial charge in [-0.1, -0.05) is 30.6 Å². The lowest BCUT2D eigenvalue weighted by Crippen LogP contribution is -2.24. The maximum absolute atomic E-state index is 12.6. The molecule has 2 aromatic carbocycles.